The molecule has 0 unspecified atom stereocenters. The van der Waals surface area contributed by atoms with Crippen LogP contribution in [-0.4, -0.2) is 92.3 Å². The minimum absolute atomic E-state index is 0.0290. The van der Waals surface area contributed by atoms with Crippen LogP contribution in [-0.2, 0) is 11.3 Å². The number of benzene rings is 2. The molecule has 0 radical (unpaired) electrons. The van der Waals surface area contributed by atoms with Crippen molar-refractivity contribution in [2.24, 2.45) is 0 Å². The molecule has 3 aliphatic heterocycles. The van der Waals surface area contributed by atoms with Crippen LogP contribution in [0.3, 0.4) is 0 Å². The van der Waals surface area contributed by atoms with Crippen LogP contribution in [0.4, 0.5) is 0 Å². The van der Waals surface area contributed by atoms with Crippen LogP contribution in [0, 0.1) is 0 Å². The Labute approximate surface area is 211 Å². The number of rotatable bonds is 9. The summed E-state index contributed by atoms with van der Waals surface area (Å²) in [6.07, 6.45) is 1.54. The molecule has 192 valence electrons. The molecular formula is C27H34N4O5. The lowest BCUT2D eigenvalue weighted by Crippen LogP contribution is -2.49. The van der Waals surface area contributed by atoms with Crippen LogP contribution in [0.2, 0.25) is 0 Å². The molecule has 2 aromatic carbocycles. The molecule has 0 bridgehead atoms. The molecule has 2 fully saturated rings. The highest BCUT2D eigenvalue weighted by Crippen LogP contribution is 2.32. The summed E-state index contributed by atoms with van der Waals surface area (Å²) in [5, 5.41) is 3.03. The second-order valence-corrected chi connectivity index (χ2v) is 9.70. The Balaban J connectivity index is 1.03. The minimum Gasteiger partial charge on any atom is -0.492 e. The second kappa shape index (κ2) is 11.2. The molecule has 3 aliphatic rings. The molecule has 2 amide bonds. The van der Waals surface area contributed by atoms with Crippen LogP contribution < -0.4 is 19.5 Å². The lowest BCUT2D eigenvalue weighted by atomic mass is 10.1. The SMILES string of the molecule is CN(Cc1cccc(OCCN2CCN(C(=O)c3ccc4c(c3)OCO4)CC2)c1)C[C@@H]1CCC(=O)N1. The number of fused-ring (bicyclic) bond motifs is 1. The van der Waals surface area contributed by atoms with Crippen molar-refractivity contribution in [3.05, 3.63) is 53.6 Å². The predicted octanol–water partition coefficient (Wildman–Crippen LogP) is 1.96. The van der Waals surface area contributed by atoms with Gasteiger partial charge in [0.15, 0.2) is 11.5 Å². The number of amides is 2. The Morgan fingerprint density at radius 2 is 1.94 bits per heavy atom. The van der Waals surface area contributed by atoms with E-state index in [-0.39, 0.29) is 24.6 Å². The lowest BCUT2D eigenvalue weighted by Gasteiger charge is -2.34. The number of likely N-dealkylation sites (N-methyl/N-ethyl adjacent to an activating group) is 1. The van der Waals surface area contributed by atoms with Crippen LogP contribution in [0.25, 0.3) is 0 Å². The highest BCUT2D eigenvalue weighted by molar-refractivity contribution is 5.95. The molecule has 9 heteroatoms. The van der Waals surface area contributed by atoms with E-state index in [9.17, 15) is 9.59 Å². The summed E-state index contributed by atoms with van der Waals surface area (Å²) in [6, 6.07) is 13.8. The van der Waals surface area contributed by atoms with Gasteiger partial charge in [-0.15, -0.1) is 0 Å². The van der Waals surface area contributed by atoms with Crippen molar-refractivity contribution in [3.8, 4) is 17.2 Å². The largest absolute Gasteiger partial charge is 0.492 e. The highest BCUT2D eigenvalue weighted by Gasteiger charge is 2.24. The van der Waals surface area contributed by atoms with E-state index in [1.165, 1.54) is 5.56 Å². The van der Waals surface area contributed by atoms with Crippen molar-refractivity contribution in [2.45, 2.75) is 25.4 Å². The number of carbonyl (C=O) groups excluding carboxylic acids is 2. The number of piperazine rings is 1. The van der Waals surface area contributed by atoms with Crippen molar-refractivity contribution in [1.82, 2.24) is 20.0 Å². The number of carbonyl (C=O) groups is 2. The second-order valence-electron chi connectivity index (χ2n) is 9.70. The molecule has 0 saturated carbocycles. The summed E-state index contributed by atoms with van der Waals surface area (Å²) >= 11 is 0. The highest BCUT2D eigenvalue weighted by atomic mass is 16.7. The molecule has 0 aromatic heterocycles. The van der Waals surface area contributed by atoms with Crippen molar-refractivity contribution in [2.75, 3.05) is 59.7 Å². The van der Waals surface area contributed by atoms with Gasteiger partial charge in [0.2, 0.25) is 12.7 Å². The van der Waals surface area contributed by atoms with Gasteiger partial charge in [-0.2, -0.15) is 0 Å². The maximum atomic E-state index is 12.9. The first-order valence-electron chi connectivity index (χ1n) is 12.6. The van der Waals surface area contributed by atoms with Crippen LogP contribution in [0.1, 0.15) is 28.8 Å². The quantitative estimate of drug-likeness (QED) is 0.571. The summed E-state index contributed by atoms with van der Waals surface area (Å²) in [6.45, 7) is 6.30. The Morgan fingerprint density at radius 3 is 2.75 bits per heavy atom. The Kier molecular flexibility index (Phi) is 7.58. The summed E-state index contributed by atoms with van der Waals surface area (Å²) in [5.41, 5.74) is 1.82. The average molecular weight is 495 g/mol. The van der Waals surface area contributed by atoms with Gasteiger partial charge in [-0.25, -0.2) is 0 Å². The fourth-order valence-corrected chi connectivity index (χ4v) is 4.98. The zero-order chi connectivity index (χ0) is 24.9. The van der Waals surface area contributed by atoms with Gasteiger partial charge in [0, 0.05) is 63.8 Å². The Hall–Kier alpha value is -3.30. The maximum Gasteiger partial charge on any atom is 0.254 e. The molecule has 2 aromatic rings. The van der Waals surface area contributed by atoms with E-state index >= 15 is 0 Å². The standard InChI is InChI=1S/C27H34N4O5/c1-29(18-22-6-8-26(32)28-22)17-20-3-2-4-23(15-20)34-14-13-30-9-11-31(12-10-30)27(33)21-5-7-24-25(16-21)36-19-35-24/h2-5,7,15-16,22H,6,8-14,17-19H2,1H3,(H,28,32)/t22-/m0/s1. The van der Waals surface area contributed by atoms with Crippen molar-refractivity contribution < 1.29 is 23.8 Å². The maximum absolute atomic E-state index is 12.9. The van der Waals surface area contributed by atoms with Crippen molar-refractivity contribution >= 4 is 11.8 Å². The number of hydrogen-bond donors (Lipinski definition) is 1. The predicted molar refractivity (Wildman–Crippen MR) is 134 cm³/mol. The molecule has 0 aliphatic carbocycles. The molecule has 9 nitrogen and oxygen atoms in total. The van der Waals surface area contributed by atoms with E-state index in [0.29, 0.717) is 43.2 Å². The molecule has 1 N–H and O–H groups in total. The number of ether oxygens (including phenoxy) is 3. The molecule has 5 rings (SSSR count). The van der Waals surface area contributed by atoms with Crippen LogP contribution >= 0.6 is 0 Å². The molecule has 36 heavy (non-hydrogen) atoms. The van der Waals surface area contributed by atoms with E-state index < -0.39 is 0 Å². The molecule has 3 heterocycles. The Morgan fingerprint density at radius 1 is 1.11 bits per heavy atom. The topological polar surface area (TPSA) is 83.6 Å². The van der Waals surface area contributed by atoms with E-state index in [1.807, 2.05) is 17.0 Å². The normalized spacial score (nSPS) is 19.6. The number of hydrogen-bond acceptors (Lipinski definition) is 7. The number of nitrogens with one attached hydrogen (secondary N) is 1. The van der Waals surface area contributed by atoms with E-state index in [1.54, 1.807) is 18.2 Å². The molecule has 1 atom stereocenters. The van der Waals surface area contributed by atoms with Crippen molar-refractivity contribution in [1.29, 1.82) is 0 Å². The van der Waals surface area contributed by atoms with Crippen LogP contribution in [0.5, 0.6) is 17.2 Å². The first-order valence-corrected chi connectivity index (χ1v) is 12.6. The summed E-state index contributed by atoms with van der Waals surface area (Å²) in [5.74, 6) is 2.37. The third-order valence-electron chi connectivity index (χ3n) is 6.92. The van der Waals surface area contributed by atoms with Gasteiger partial charge < -0.3 is 29.3 Å². The van der Waals surface area contributed by atoms with Gasteiger partial charge >= 0.3 is 0 Å². The van der Waals surface area contributed by atoms with Gasteiger partial charge in [0.25, 0.3) is 5.91 Å². The Bertz CT molecular complexity index is 1090. The van der Waals surface area contributed by atoms with E-state index in [2.05, 4.69) is 34.3 Å². The minimum atomic E-state index is 0.0290. The molecular weight excluding hydrogens is 460 g/mol. The third-order valence-corrected chi connectivity index (χ3v) is 6.92. The molecule has 2 saturated heterocycles. The van der Waals surface area contributed by atoms with E-state index in [4.69, 9.17) is 14.2 Å². The summed E-state index contributed by atoms with van der Waals surface area (Å²) in [4.78, 5) is 30.8. The zero-order valence-electron chi connectivity index (χ0n) is 20.8. The van der Waals surface area contributed by atoms with E-state index in [0.717, 1.165) is 44.9 Å². The fraction of sp³-hybridized carbons (Fsp3) is 0.481. The third kappa shape index (κ3) is 6.09. The van der Waals surface area contributed by atoms with Crippen LogP contribution in [0.15, 0.2) is 42.5 Å². The summed E-state index contributed by atoms with van der Waals surface area (Å²) in [7, 11) is 2.08. The average Bonchev–Trinajstić information content (AvgIpc) is 3.52. The lowest BCUT2D eigenvalue weighted by molar-refractivity contribution is -0.119. The zero-order valence-corrected chi connectivity index (χ0v) is 20.8. The smallest absolute Gasteiger partial charge is 0.254 e. The van der Waals surface area contributed by atoms with Gasteiger partial charge in [-0.05, 0) is 49.4 Å². The fourth-order valence-electron chi connectivity index (χ4n) is 4.98. The van der Waals surface area contributed by atoms with Gasteiger partial charge in [-0.3, -0.25) is 14.5 Å². The van der Waals surface area contributed by atoms with Gasteiger partial charge in [0.05, 0.1) is 0 Å². The first kappa shape index (κ1) is 24.4. The van der Waals surface area contributed by atoms with Crippen molar-refractivity contribution in [3.63, 3.8) is 0 Å². The van der Waals surface area contributed by atoms with Gasteiger partial charge in [-0.1, -0.05) is 12.1 Å². The summed E-state index contributed by atoms with van der Waals surface area (Å²) < 4.78 is 16.8. The monoisotopic (exact) mass is 494 g/mol. The molecule has 0 spiro atoms. The first-order chi connectivity index (χ1) is 17.5. The number of nitrogens with zero attached hydrogens (tertiary/aromatic N) is 3. The van der Waals surface area contributed by atoms with Gasteiger partial charge in [0.1, 0.15) is 12.4 Å².